The van der Waals surface area contributed by atoms with Crippen molar-refractivity contribution in [2.24, 2.45) is 11.8 Å². The van der Waals surface area contributed by atoms with Crippen molar-refractivity contribution in [2.75, 3.05) is 13.2 Å². The molecule has 0 spiro atoms. The maximum atomic E-state index is 9.91. The predicted molar refractivity (Wildman–Crippen MR) is 58.2 cm³/mol. The highest BCUT2D eigenvalue weighted by Crippen LogP contribution is 2.31. The molecule has 1 atom stereocenters. The van der Waals surface area contributed by atoms with Gasteiger partial charge in [-0.05, 0) is 38.0 Å². The van der Waals surface area contributed by atoms with Crippen LogP contribution in [-0.4, -0.2) is 24.4 Å². The van der Waals surface area contributed by atoms with Gasteiger partial charge in [-0.2, -0.15) is 0 Å². The van der Waals surface area contributed by atoms with E-state index in [-0.39, 0.29) is 6.10 Å². The van der Waals surface area contributed by atoms with Crippen molar-refractivity contribution in [1.82, 2.24) is 0 Å². The molecule has 0 aromatic heterocycles. The van der Waals surface area contributed by atoms with E-state index in [9.17, 15) is 5.11 Å². The van der Waals surface area contributed by atoms with Crippen molar-refractivity contribution in [3.8, 4) is 0 Å². The Morgan fingerprint density at radius 3 is 2.50 bits per heavy atom. The first kappa shape index (κ1) is 12.0. The summed E-state index contributed by atoms with van der Waals surface area (Å²) in [5.41, 5.74) is 0. The van der Waals surface area contributed by atoms with Crippen molar-refractivity contribution in [3.63, 3.8) is 0 Å². The molecule has 1 aliphatic carbocycles. The van der Waals surface area contributed by atoms with Crippen molar-refractivity contribution in [3.05, 3.63) is 0 Å². The largest absolute Gasteiger partial charge is 0.393 e. The molecule has 0 amide bonds. The van der Waals surface area contributed by atoms with Gasteiger partial charge >= 0.3 is 0 Å². The Hall–Kier alpha value is -0.0800. The van der Waals surface area contributed by atoms with Gasteiger partial charge in [0.25, 0.3) is 0 Å². The summed E-state index contributed by atoms with van der Waals surface area (Å²) in [6.45, 7) is 5.77. The van der Waals surface area contributed by atoms with Gasteiger partial charge in [0, 0.05) is 13.2 Å². The quantitative estimate of drug-likeness (QED) is 0.691. The van der Waals surface area contributed by atoms with E-state index in [1.165, 1.54) is 25.7 Å². The third kappa shape index (κ3) is 3.97. The number of hydrogen-bond acceptors (Lipinski definition) is 2. The van der Waals surface area contributed by atoms with Crippen molar-refractivity contribution < 1.29 is 9.84 Å². The molecular weight excluding hydrogens is 176 g/mol. The van der Waals surface area contributed by atoms with Crippen molar-refractivity contribution in [1.29, 1.82) is 0 Å². The summed E-state index contributed by atoms with van der Waals surface area (Å²) >= 11 is 0. The second-order valence-electron chi connectivity index (χ2n) is 4.57. The van der Waals surface area contributed by atoms with Crippen LogP contribution in [0.25, 0.3) is 0 Å². The Balaban J connectivity index is 2.13. The van der Waals surface area contributed by atoms with Crippen LogP contribution in [0.15, 0.2) is 0 Å². The average molecular weight is 200 g/mol. The van der Waals surface area contributed by atoms with Crippen LogP contribution < -0.4 is 0 Å². The second kappa shape index (κ2) is 6.41. The molecule has 0 heterocycles. The summed E-state index contributed by atoms with van der Waals surface area (Å²) in [6, 6.07) is 0. The summed E-state index contributed by atoms with van der Waals surface area (Å²) in [4.78, 5) is 0. The molecule has 0 bridgehead atoms. The molecule has 0 radical (unpaired) electrons. The first-order valence-corrected chi connectivity index (χ1v) is 5.99. The lowest BCUT2D eigenvalue weighted by Gasteiger charge is -2.29. The molecule has 0 aromatic rings. The van der Waals surface area contributed by atoms with E-state index in [1.807, 2.05) is 6.92 Å². The molecule has 0 saturated heterocycles. The highest BCUT2D eigenvalue weighted by Gasteiger charge is 2.24. The first-order chi connectivity index (χ1) is 6.74. The lowest BCUT2D eigenvalue weighted by molar-refractivity contribution is 0.0368. The molecule has 1 aliphatic rings. The van der Waals surface area contributed by atoms with Gasteiger partial charge in [0.2, 0.25) is 0 Å². The van der Waals surface area contributed by atoms with Crippen molar-refractivity contribution >= 4 is 0 Å². The van der Waals surface area contributed by atoms with Gasteiger partial charge in [-0.25, -0.2) is 0 Å². The minimum Gasteiger partial charge on any atom is -0.393 e. The Kier molecular flexibility index (Phi) is 5.49. The Bertz CT molecular complexity index is 139. The molecule has 1 fully saturated rings. The number of rotatable bonds is 5. The average Bonchev–Trinajstić information content (AvgIpc) is 2.19. The molecule has 1 unspecified atom stereocenters. The van der Waals surface area contributed by atoms with E-state index in [0.29, 0.717) is 12.5 Å². The standard InChI is InChI=1S/C12H24O2/c1-3-14-9-8-12(13)11-6-4-10(2)5-7-11/h10-13H,3-9H2,1-2H3. The molecule has 1 saturated carbocycles. The summed E-state index contributed by atoms with van der Waals surface area (Å²) in [5, 5.41) is 9.91. The zero-order valence-corrected chi connectivity index (χ0v) is 9.54. The summed E-state index contributed by atoms with van der Waals surface area (Å²) in [7, 11) is 0. The van der Waals surface area contributed by atoms with Gasteiger partial charge in [-0.1, -0.05) is 19.8 Å². The zero-order valence-electron chi connectivity index (χ0n) is 9.54. The zero-order chi connectivity index (χ0) is 10.4. The third-order valence-corrected chi connectivity index (χ3v) is 3.37. The van der Waals surface area contributed by atoms with Crippen LogP contribution in [0.5, 0.6) is 0 Å². The van der Waals surface area contributed by atoms with Crippen LogP contribution in [0.2, 0.25) is 0 Å². The number of aliphatic hydroxyl groups is 1. The molecule has 14 heavy (non-hydrogen) atoms. The monoisotopic (exact) mass is 200 g/mol. The molecule has 2 heteroatoms. The lowest BCUT2D eigenvalue weighted by atomic mass is 9.79. The predicted octanol–water partition coefficient (Wildman–Crippen LogP) is 2.60. The number of ether oxygens (including phenoxy) is 1. The normalized spacial score (nSPS) is 30.2. The summed E-state index contributed by atoms with van der Waals surface area (Å²) in [6.07, 6.45) is 5.66. The van der Waals surface area contributed by atoms with Crippen molar-refractivity contribution in [2.45, 2.75) is 52.1 Å². The Morgan fingerprint density at radius 2 is 1.93 bits per heavy atom. The van der Waals surface area contributed by atoms with Crippen LogP contribution >= 0.6 is 0 Å². The molecule has 84 valence electrons. The fourth-order valence-electron chi connectivity index (χ4n) is 2.25. The fourth-order valence-corrected chi connectivity index (χ4v) is 2.25. The van der Waals surface area contributed by atoms with Gasteiger partial charge in [0.05, 0.1) is 6.10 Å². The van der Waals surface area contributed by atoms with Gasteiger partial charge in [0.1, 0.15) is 0 Å². The van der Waals surface area contributed by atoms with E-state index in [2.05, 4.69) is 6.92 Å². The topological polar surface area (TPSA) is 29.5 Å². The molecule has 1 rings (SSSR count). The Morgan fingerprint density at radius 1 is 1.29 bits per heavy atom. The third-order valence-electron chi connectivity index (χ3n) is 3.37. The van der Waals surface area contributed by atoms with Crippen LogP contribution in [0, 0.1) is 11.8 Å². The second-order valence-corrected chi connectivity index (χ2v) is 4.57. The van der Waals surface area contributed by atoms with E-state index in [1.54, 1.807) is 0 Å². The van der Waals surface area contributed by atoms with Crippen LogP contribution in [-0.2, 0) is 4.74 Å². The molecule has 1 N–H and O–H groups in total. The summed E-state index contributed by atoms with van der Waals surface area (Å²) < 4.78 is 5.26. The van der Waals surface area contributed by atoms with E-state index in [4.69, 9.17) is 4.74 Å². The number of hydrogen-bond donors (Lipinski definition) is 1. The smallest absolute Gasteiger partial charge is 0.0590 e. The maximum absolute atomic E-state index is 9.91. The lowest BCUT2D eigenvalue weighted by Crippen LogP contribution is -2.26. The Labute approximate surface area is 87.7 Å². The van der Waals surface area contributed by atoms with Gasteiger partial charge in [0.15, 0.2) is 0 Å². The highest BCUT2D eigenvalue weighted by atomic mass is 16.5. The molecule has 0 aromatic carbocycles. The van der Waals surface area contributed by atoms with Crippen LogP contribution in [0.3, 0.4) is 0 Å². The highest BCUT2D eigenvalue weighted by molar-refractivity contribution is 4.75. The SMILES string of the molecule is CCOCCC(O)C1CCC(C)CC1. The van der Waals surface area contributed by atoms with E-state index in [0.717, 1.165) is 18.9 Å². The van der Waals surface area contributed by atoms with Crippen LogP contribution in [0.4, 0.5) is 0 Å². The van der Waals surface area contributed by atoms with Crippen LogP contribution in [0.1, 0.15) is 46.0 Å². The first-order valence-electron chi connectivity index (χ1n) is 5.99. The van der Waals surface area contributed by atoms with Gasteiger partial charge in [-0.15, -0.1) is 0 Å². The van der Waals surface area contributed by atoms with E-state index >= 15 is 0 Å². The van der Waals surface area contributed by atoms with Gasteiger partial charge in [-0.3, -0.25) is 0 Å². The fraction of sp³-hybridized carbons (Fsp3) is 1.00. The number of aliphatic hydroxyl groups excluding tert-OH is 1. The molecule has 0 aliphatic heterocycles. The maximum Gasteiger partial charge on any atom is 0.0590 e. The van der Waals surface area contributed by atoms with Gasteiger partial charge < -0.3 is 9.84 Å². The molecular formula is C12H24O2. The minimum atomic E-state index is -0.131. The minimum absolute atomic E-state index is 0.131. The summed E-state index contributed by atoms with van der Waals surface area (Å²) in [5.74, 6) is 1.40. The molecule has 2 nitrogen and oxygen atoms in total. The van der Waals surface area contributed by atoms with E-state index < -0.39 is 0 Å².